The van der Waals surface area contributed by atoms with Crippen LogP contribution >= 0.6 is 0 Å². The van der Waals surface area contributed by atoms with Gasteiger partial charge in [-0.1, -0.05) is 6.92 Å². The summed E-state index contributed by atoms with van der Waals surface area (Å²) in [6.45, 7) is 3.08. The van der Waals surface area contributed by atoms with E-state index in [0.717, 1.165) is 6.54 Å². The van der Waals surface area contributed by atoms with E-state index in [4.69, 9.17) is 5.11 Å². The van der Waals surface area contributed by atoms with Crippen LogP contribution in [0.5, 0.6) is 5.75 Å². The molecule has 0 bridgehead atoms. The van der Waals surface area contributed by atoms with Gasteiger partial charge in [0.05, 0.1) is 6.54 Å². The molecule has 3 nitrogen and oxygen atoms in total. The summed E-state index contributed by atoms with van der Waals surface area (Å²) in [7, 11) is 0. The maximum atomic E-state index is 11.4. The lowest BCUT2D eigenvalue weighted by atomic mass is 10.1. The van der Waals surface area contributed by atoms with E-state index in [-0.39, 0.29) is 11.5 Å². The molecule has 2 N–H and O–H groups in total. The molecular formula is C10H13NO2. The third-order valence-corrected chi connectivity index (χ3v) is 1.72. The van der Waals surface area contributed by atoms with Crippen LogP contribution < -0.4 is 5.32 Å². The standard InChI is InChI=1S/C10H13NO2/c1-2-11-7-10(13)8-3-5-9(12)6-4-8/h3-6,11-12H,2,7H2,1H3. The molecule has 0 aliphatic rings. The highest BCUT2D eigenvalue weighted by molar-refractivity contribution is 5.97. The topological polar surface area (TPSA) is 49.3 Å². The third kappa shape index (κ3) is 2.87. The monoisotopic (exact) mass is 179 g/mol. The zero-order valence-electron chi connectivity index (χ0n) is 7.58. The minimum absolute atomic E-state index is 0.0434. The zero-order valence-corrected chi connectivity index (χ0v) is 7.58. The van der Waals surface area contributed by atoms with Gasteiger partial charge in [-0.2, -0.15) is 0 Å². The molecule has 0 saturated heterocycles. The maximum Gasteiger partial charge on any atom is 0.176 e. The molecule has 70 valence electrons. The lowest BCUT2D eigenvalue weighted by molar-refractivity contribution is 0.0992. The van der Waals surface area contributed by atoms with Crippen molar-refractivity contribution in [2.24, 2.45) is 0 Å². The van der Waals surface area contributed by atoms with Crippen LogP contribution in [0.3, 0.4) is 0 Å². The molecular weight excluding hydrogens is 166 g/mol. The normalized spacial score (nSPS) is 9.92. The molecule has 0 fully saturated rings. The molecule has 0 aliphatic carbocycles. The number of phenols is 1. The van der Waals surface area contributed by atoms with Gasteiger partial charge in [-0.15, -0.1) is 0 Å². The van der Waals surface area contributed by atoms with Gasteiger partial charge in [-0.25, -0.2) is 0 Å². The number of benzene rings is 1. The minimum atomic E-state index is 0.0434. The van der Waals surface area contributed by atoms with Gasteiger partial charge in [0.25, 0.3) is 0 Å². The molecule has 0 saturated carbocycles. The molecule has 1 aromatic rings. The fraction of sp³-hybridized carbons (Fsp3) is 0.300. The maximum absolute atomic E-state index is 11.4. The van der Waals surface area contributed by atoms with Crippen LogP contribution in [0.25, 0.3) is 0 Å². The first-order valence-corrected chi connectivity index (χ1v) is 4.27. The highest BCUT2D eigenvalue weighted by atomic mass is 16.3. The van der Waals surface area contributed by atoms with E-state index in [1.165, 1.54) is 12.1 Å². The number of likely N-dealkylation sites (N-methyl/N-ethyl adjacent to an activating group) is 1. The Balaban J connectivity index is 2.61. The van der Waals surface area contributed by atoms with Crippen LogP contribution in [-0.2, 0) is 0 Å². The van der Waals surface area contributed by atoms with Gasteiger partial charge in [0.1, 0.15) is 5.75 Å². The summed E-state index contributed by atoms with van der Waals surface area (Å²) in [6.07, 6.45) is 0. The largest absolute Gasteiger partial charge is 0.508 e. The summed E-state index contributed by atoms with van der Waals surface area (Å²) in [5.41, 5.74) is 0.624. The second-order valence-electron chi connectivity index (χ2n) is 2.75. The summed E-state index contributed by atoms with van der Waals surface area (Å²) < 4.78 is 0. The van der Waals surface area contributed by atoms with E-state index in [1.807, 2.05) is 6.92 Å². The first-order valence-electron chi connectivity index (χ1n) is 4.27. The predicted octanol–water partition coefficient (Wildman–Crippen LogP) is 1.18. The Labute approximate surface area is 77.4 Å². The zero-order chi connectivity index (χ0) is 9.68. The van der Waals surface area contributed by atoms with Gasteiger partial charge in [0.2, 0.25) is 0 Å². The Morgan fingerprint density at radius 1 is 1.38 bits per heavy atom. The van der Waals surface area contributed by atoms with Crippen molar-refractivity contribution < 1.29 is 9.90 Å². The van der Waals surface area contributed by atoms with Gasteiger partial charge in [-0.05, 0) is 30.8 Å². The van der Waals surface area contributed by atoms with Gasteiger partial charge >= 0.3 is 0 Å². The van der Waals surface area contributed by atoms with Crippen molar-refractivity contribution in [3.63, 3.8) is 0 Å². The molecule has 0 spiro atoms. The van der Waals surface area contributed by atoms with E-state index in [2.05, 4.69) is 5.32 Å². The van der Waals surface area contributed by atoms with Crippen LogP contribution in [0, 0.1) is 0 Å². The van der Waals surface area contributed by atoms with E-state index in [9.17, 15) is 4.79 Å². The van der Waals surface area contributed by atoms with Crippen molar-refractivity contribution in [3.05, 3.63) is 29.8 Å². The Hall–Kier alpha value is -1.35. The summed E-state index contributed by atoms with van der Waals surface area (Å²) >= 11 is 0. The van der Waals surface area contributed by atoms with Gasteiger partial charge in [-0.3, -0.25) is 4.79 Å². The number of hydrogen-bond donors (Lipinski definition) is 2. The Bertz CT molecular complexity index is 279. The number of nitrogens with one attached hydrogen (secondary N) is 1. The molecule has 0 atom stereocenters. The van der Waals surface area contributed by atoms with Crippen LogP contribution in [0.2, 0.25) is 0 Å². The quantitative estimate of drug-likeness (QED) is 0.682. The van der Waals surface area contributed by atoms with Crippen molar-refractivity contribution in [1.82, 2.24) is 5.32 Å². The SMILES string of the molecule is CCNCC(=O)c1ccc(O)cc1. The molecule has 0 radical (unpaired) electrons. The van der Waals surface area contributed by atoms with Crippen molar-refractivity contribution in [1.29, 1.82) is 0 Å². The minimum Gasteiger partial charge on any atom is -0.508 e. The highest BCUT2D eigenvalue weighted by Crippen LogP contribution is 2.09. The Morgan fingerprint density at radius 2 is 2.00 bits per heavy atom. The fourth-order valence-electron chi connectivity index (χ4n) is 0.988. The van der Waals surface area contributed by atoms with Gasteiger partial charge in [0.15, 0.2) is 5.78 Å². The van der Waals surface area contributed by atoms with Crippen LogP contribution in [0.4, 0.5) is 0 Å². The van der Waals surface area contributed by atoms with E-state index >= 15 is 0 Å². The molecule has 0 amide bonds. The van der Waals surface area contributed by atoms with Gasteiger partial charge < -0.3 is 10.4 Å². The summed E-state index contributed by atoms with van der Waals surface area (Å²) in [4.78, 5) is 11.4. The van der Waals surface area contributed by atoms with E-state index < -0.39 is 0 Å². The molecule has 0 aliphatic heterocycles. The molecule has 1 aromatic carbocycles. The molecule has 0 unspecified atom stereocenters. The Kier molecular flexibility index (Phi) is 3.46. The summed E-state index contributed by atoms with van der Waals surface area (Å²) in [5, 5.41) is 11.9. The molecule has 1 rings (SSSR count). The lowest BCUT2D eigenvalue weighted by Crippen LogP contribution is -2.22. The second-order valence-corrected chi connectivity index (χ2v) is 2.75. The number of rotatable bonds is 4. The molecule has 0 heterocycles. The van der Waals surface area contributed by atoms with Crippen molar-refractivity contribution >= 4 is 5.78 Å². The van der Waals surface area contributed by atoms with Crippen molar-refractivity contribution in [2.75, 3.05) is 13.1 Å². The smallest absolute Gasteiger partial charge is 0.176 e. The third-order valence-electron chi connectivity index (χ3n) is 1.72. The Morgan fingerprint density at radius 3 is 2.54 bits per heavy atom. The number of carbonyl (C=O) groups excluding carboxylic acids is 1. The number of carbonyl (C=O) groups is 1. The molecule has 3 heteroatoms. The first kappa shape index (κ1) is 9.74. The highest BCUT2D eigenvalue weighted by Gasteiger charge is 2.03. The van der Waals surface area contributed by atoms with Crippen molar-refractivity contribution in [3.8, 4) is 5.75 Å². The second kappa shape index (κ2) is 4.62. The first-order chi connectivity index (χ1) is 6.24. The van der Waals surface area contributed by atoms with Gasteiger partial charge in [0, 0.05) is 5.56 Å². The average Bonchev–Trinajstić information content (AvgIpc) is 2.15. The van der Waals surface area contributed by atoms with Crippen LogP contribution in [0.1, 0.15) is 17.3 Å². The average molecular weight is 179 g/mol. The van der Waals surface area contributed by atoms with Crippen LogP contribution in [-0.4, -0.2) is 24.0 Å². The fourth-order valence-corrected chi connectivity index (χ4v) is 0.988. The summed E-state index contributed by atoms with van der Waals surface area (Å²) in [6, 6.07) is 6.27. The van der Waals surface area contributed by atoms with E-state index in [0.29, 0.717) is 12.1 Å². The number of Topliss-reactive ketones (excluding diaryl/α,β-unsaturated/α-hetero) is 1. The van der Waals surface area contributed by atoms with Crippen LogP contribution in [0.15, 0.2) is 24.3 Å². The number of ketones is 1. The predicted molar refractivity (Wildman–Crippen MR) is 51.0 cm³/mol. The van der Waals surface area contributed by atoms with E-state index in [1.54, 1.807) is 12.1 Å². The number of hydrogen-bond acceptors (Lipinski definition) is 3. The molecule has 13 heavy (non-hydrogen) atoms. The number of aromatic hydroxyl groups is 1. The number of phenolic OH excluding ortho intramolecular Hbond substituents is 1. The molecule has 0 aromatic heterocycles. The lowest BCUT2D eigenvalue weighted by Gasteiger charge is -2.01. The summed E-state index contributed by atoms with van der Waals surface area (Å²) in [5.74, 6) is 0.224. The van der Waals surface area contributed by atoms with Crippen molar-refractivity contribution in [2.45, 2.75) is 6.92 Å².